The number of carbonyl (C=O) groups is 2. The summed E-state index contributed by atoms with van der Waals surface area (Å²) < 4.78 is 16.1. The van der Waals surface area contributed by atoms with Gasteiger partial charge in [0.15, 0.2) is 5.76 Å². The van der Waals surface area contributed by atoms with Crippen LogP contribution < -0.4 is 10.2 Å². The van der Waals surface area contributed by atoms with Crippen LogP contribution in [0.2, 0.25) is 5.02 Å². The number of anilines is 2. The highest BCUT2D eigenvalue weighted by molar-refractivity contribution is 6.31. The Kier molecular flexibility index (Phi) is 8.59. The van der Waals surface area contributed by atoms with Crippen molar-refractivity contribution in [2.75, 3.05) is 30.4 Å². The lowest BCUT2D eigenvalue weighted by molar-refractivity contribution is -0.145. The Balaban J connectivity index is 1.26. The molecule has 5 rings (SSSR count). The minimum absolute atomic E-state index is 0.0901. The fraction of sp³-hybridized carbons (Fsp3) is 0.281. The number of aryl methyl sites for hydroxylation is 1. The molecule has 1 saturated heterocycles. The van der Waals surface area contributed by atoms with Gasteiger partial charge in [-0.3, -0.25) is 10.1 Å². The second kappa shape index (κ2) is 12.5. The first-order valence-electron chi connectivity index (χ1n) is 13.6. The summed E-state index contributed by atoms with van der Waals surface area (Å²) in [6.07, 6.45) is 0.646. The second-order valence-corrected chi connectivity index (χ2v) is 10.5. The number of esters is 1. The molecule has 1 N–H and O–H groups in total. The summed E-state index contributed by atoms with van der Waals surface area (Å²) in [4.78, 5) is 27.0. The molecule has 0 saturated carbocycles. The van der Waals surface area contributed by atoms with Crippen molar-refractivity contribution in [3.8, 4) is 22.5 Å². The smallest absolute Gasteiger partial charge is 0.412 e. The summed E-state index contributed by atoms with van der Waals surface area (Å²) in [7, 11) is 1.44. The number of ether oxygens (including phenoxy) is 2. The molecule has 1 amide bonds. The van der Waals surface area contributed by atoms with Crippen molar-refractivity contribution in [2.24, 2.45) is 5.92 Å². The van der Waals surface area contributed by atoms with Crippen LogP contribution in [-0.4, -0.2) is 37.4 Å². The maximum absolute atomic E-state index is 12.7. The van der Waals surface area contributed by atoms with Gasteiger partial charge in [-0.1, -0.05) is 71.4 Å². The molecule has 1 aliphatic rings. The van der Waals surface area contributed by atoms with E-state index in [1.54, 1.807) is 19.9 Å². The van der Waals surface area contributed by atoms with Crippen molar-refractivity contribution in [3.05, 3.63) is 89.1 Å². The summed E-state index contributed by atoms with van der Waals surface area (Å²) in [5.41, 5.74) is 5.65. The number of hydrogen-bond acceptors (Lipinski definition) is 7. The zero-order chi connectivity index (χ0) is 28.9. The van der Waals surface area contributed by atoms with Gasteiger partial charge in [0.05, 0.1) is 13.0 Å². The SMILES string of the molecule is COC(=O)[C@@H]1CCCN(c2ccc(-c3ccc(-c4onc(C)c4NC(=O)O[C@H](C)c4ccccc4Cl)cc3)cc2)C1. The van der Waals surface area contributed by atoms with E-state index in [-0.39, 0.29) is 11.9 Å². The number of benzene rings is 3. The summed E-state index contributed by atoms with van der Waals surface area (Å²) in [5, 5.41) is 7.37. The summed E-state index contributed by atoms with van der Waals surface area (Å²) >= 11 is 6.24. The normalized spacial score (nSPS) is 15.7. The number of amides is 1. The fourth-order valence-electron chi connectivity index (χ4n) is 5.12. The van der Waals surface area contributed by atoms with Crippen LogP contribution in [0, 0.1) is 12.8 Å². The first-order valence-corrected chi connectivity index (χ1v) is 13.9. The van der Waals surface area contributed by atoms with Gasteiger partial charge in [-0.05, 0) is 56.0 Å². The fourth-order valence-corrected chi connectivity index (χ4v) is 5.41. The first kappa shape index (κ1) is 28.2. The molecule has 0 radical (unpaired) electrons. The van der Waals surface area contributed by atoms with E-state index in [1.165, 1.54) is 7.11 Å². The van der Waals surface area contributed by atoms with Crippen LogP contribution in [0.3, 0.4) is 0 Å². The predicted octanol–water partition coefficient (Wildman–Crippen LogP) is 7.67. The summed E-state index contributed by atoms with van der Waals surface area (Å²) in [6.45, 7) is 5.10. The van der Waals surface area contributed by atoms with Gasteiger partial charge in [0.2, 0.25) is 0 Å². The number of halogens is 1. The lowest BCUT2D eigenvalue weighted by atomic mass is 9.97. The van der Waals surface area contributed by atoms with Crippen LogP contribution in [0.1, 0.15) is 37.1 Å². The summed E-state index contributed by atoms with van der Waals surface area (Å²) in [6, 6.07) is 23.4. The molecule has 0 bridgehead atoms. The van der Waals surface area contributed by atoms with E-state index < -0.39 is 12.2 Å². The molecule has 2 atom stereocenters. The molecule has 1 aliphatic heterocycles. The van der Waals surface area contributed by atoms with Crippen LogP contribution in [0.25, 0.3) is 22.5 Å². The molecule has 212 valence electrons. The Morgan fingerprint density at radius 2 is 1.68 bits per heavy atom. The molecule has 1 aromatic heterocycles. The van der Waals surface area contributed by atoms with Crippen LogP contribution in [0.5, 0.6) is 0 Å². The topological polar surface area (TPSA) is 93.9 Å². The molecular formula is C32H32ClN3O5. The van der Waals surface area contributed by atoms with Gasteiger partial charge in [0.1, 0.15) is 17.5 Å². The van der Waals surface area contributed by atoms with Gasteiger partial charge in [0, 0.05) is 34.9 Å². The minimum atomic E-state index is -0.631. The molecule has 4 aromatic rings. The molecule has 2 heterocycles. The standard InChI is InChI=1S/C32H32ClN3O5/c1-20-29(34-32(38)40-21(2)27-8-4-5-9-28(27)33)30(41-35-20)24-12-10-22(11-13-24)23-14-16-26(17-15-23)36-18-6-7-25(19-36)31(37)39-3/h4-5,8-17,21,25H,6-7,18-19H2,1-3H3,(H,34,38)/t21-,25-/m1/s1. The monoisotopic (exact) mass is 573 g/mol. The largest absolute Gasteiger partial charge is 0.469 e. The quantitative estimate of drug-likeness (QED) is 0.227. The van der Waals surface area contributed by atoms with Crippen molar-refractivity contribution in [1.82, 2.24) is 5.16 Å². The van der Waals surface area contributed by atoms with Gasteiger partial charge in [0.25, 0.3) is 0 Å². The highest BCUT2D eigenvalue weighted by atomic mass is 35.5. The van der Waals surface area contributed by atoms with Gasteiger partial charge >= 0.3 is 12.1 Å². The van der Waals surface area contributed by atoms with Crippen molar-refractivity contribution in [3.63, 3.8) is 0 Å². The predicted molar refractivity (Wildman–Crippen MR) is 159 cm³/mol. The zero-order valence-electron chi connectivity index (χ0n) is 23.2. The number of nitrogens with zero attached hydrogens (tertiary/aromatic N) is 2. The highest BCUT2D eigenvalue weighted by Crippen LogP contribution is 2.34. The van der Waals surface area contributed by atoms with Crippen molar-refractivity contribution in [2.45, 2.75) is 32.8 Å². The Hall–Kier alpha value is -4.30. The van der Waals surface area contributed by atoms with E-state index in [0.29, 0.717) is 28.7 Å². The Bertz CT molecular complexity index is 1520. The van der Waals surface area contributed by atoms with E-state index in [4.69, 9.17) is 25.6 Å². The van der Waals surface area contributed by atoms with E-state index in [9.17, 15) is 9.59 Å². The second-order valence-electron chi connectivity index (χ2n) is 10.1. The highest BCUT2D eigenvalue weighted by Gasteiger charge is 2.26. The van der Waals surface area contributed by atoms with E-state index in [2.05, 4.69) is 39.6 Å². The molecule has 0 aliphatic carbocycles. The number of carbonyl (C=O) groups excluding carboxylic acids is 2. The molecule has 3 aromatic carbocycles. The Morgan fingerprint density at radius 1 is 1.02 bits per heavy atom. The van der Waals surface area contributed by atoms with E-state index in [0.717, 1.165) is 47.3 Å². The average molecular weight is 574 g/mol. The molecule has 9 heteroatoms. The Morgan fingerprint density at radius 3 is 2.37 bits per heavy atom. The minimum Gasteiger partial charge on any atom is -0.469 e. The summed E-state index contributed by atoms with van der Waals surface area (Å²) in [5.74, 6) is 0.208. The van der Waals surface area contributed by atoms with E-state index in [1.807, 2.05) is 42.5 Å². The molecular weight excluding hydrogens is 542 g/mol. The first-order chi connectivity index (χ1) is 19.8. The van der Waals surface area contributed by atoms with Crippen LogP contribution in [0.15, 0.2) is 77.3 Å². The third kappa shape index (κ3) is 6.38. The molecule has 41 heavy (non-hydrogen) atoms. The van der Waals surface area contributed by atoms with Gasteiger partial charge in [-0.15, -0.1) is 0 Å². The number of rotatable bonds is 7. The number of piperidine rings is 1. The van der Waals surface area contributed by atoms with Gasteiger partial charge < -0.3 is 18.9 Å². The maximum atomic E-state index is 12.7. The van der Waals surface area contributed by atoms with Crippen molar-refractivity contribution >= 4 is 35.0 Å². The maximum Gasteiger partial charge on any atom is 0.412 e. The van der Waals surface area contributed by atoms with Crippen LogP contribution in [-0.2, 0) is 14.3 Å². The van der Waals surface area contributed by atoms with Crippen LogP contribution in [0.4, 0.5) is 16.2 Å². The number of aromatic nitrogens is 1. The van der Waals surface area contributed by atoms with Crippen molar-refractivity contribution < 1.29 is 23.6 Å². The average Bonchev–Trinajstić information content (AvgIpc) is 3.36. The van der Waals surface area contributed by atoms with Crippen LogP contribution >= 0.6 is 11.6 Å². The third-order valence-corrected chi connectivity index (χ3v) is 7.73. The molecule has 0 spiro atoms. The van der Waals surface area contributed by atoms with Gasteiger partial charge in [-0.2, -0.15) is 0 Å². The number of nitrogens with one attached hydrogen (secondary N) is 1. The number of hydrogen-bond donors (Lipinski definition) is 1. The molecule has 0 unspecified atom stereocenters. The van der Waals surface area contributed by atoms with E-state index >= 15 is 0 Å². The molecule has 8 nitrogen and oxygen atoms in total. The Labute approximate surface area is 244 Å². The third-order valence-electron chi connectivity index (χ3n) is 7.39. The molecule has 1 fully saturated rings. The lowest BCUT2D eigenvalue weighted by Crippen LogP contribution is -2.39. The number of methoxy groups -OCH3 is 1. The zero-order valence-corrected chi connectivity index (χ0v) is 24.0. The lowest BCUT2D eigenvalue weighted by Gasteiger charge is -2.33. The van der Waals surface area contributed by atoms with Crippen molar-refractivity contribution in [1.29, 1.82) is 0 Å². The van der Waals surface area contributed by atoms with Gasteiger partial charge in [-0.25, -0.2) is 4.79 Å².